The molecule has 1 rings (SSSR count). The summed E-state index contributed by atoms with van der Waals surface area (Å²) < 4.78 is 9.20. The molecule has 1 aromatic rings. The third-order valence-corrected chi connectivity index (χ3v) is 2.55. The van der Waals surface area contributed by atoms with E-state index in [0.717, 1.165) is 12.2 Å². The van der Waals surface area contributed by atoms with E-state index in [9.17, 15) is 14.4 Å². The average Bonchev–Trinajstić information content (AvgIpc) is 2.46. The zero-order valence-electron chi connectivity index (χ0n) is 11.5. The summed E-state index contributed by atoms with van der Waals surface area (Å²) in [6.45, 7) is 1.26. The Morgan fingerprint density at radius 1 is 1.23 bits per heavy atom. The molecule has 7 nitrogen and oxygen atoms in total. The minimum Gasteiger partial charge on any atom is -0.463 e. The van der Waals surface area contributed by atoms with Gasteiger partial charge in [-0.3, -0.25) is 4.79 Å². The number of amides is 1. The first-order chi connectivity index (χ1) is 10.4. The van der Waals surface area contributed by atoms with Gasteiger partial charge >= 0.3 is 11.9 Å². The summed E-state index contributed by atoms with van der Waals surface area (Å²) in [5, 5.41) is 2.81. The Balaban J connectivity index is 2.42. The van der Waals surface area contributed by atoms with Gasteiger partial charge in [-0.25, -0.2) is 14.6 Å². The molecule has 0 unspecified atom stereocenters. The number of hydrogen-bond donors (Lipinski definition) is 1. The third-order valence-electron chi connectivity index (χ3n) is 2.05. The lowest BCUT2D eigenvalue weighted by Crippen LogP contribution is -2.21. The molecule has 0 saturated heterocycles. The molecule has 0 aliphatic carbocycles. The van der Waals surface area contributed by atoms with E-state index in [1.807, 2.05) is 0 Å². The molecule has 9 heteroatoms. The minimum atomic E-state index is -0.863. The first kappa shape index (κ1) is 17.9. The fourth-order valence-corrected chi connectivity index (χ4v) is 1.61. The Morgan fingerprint density at radius 2 is 1.86 bits per heavy atom. The van der Waals surface area contributed by atoms with Crippen molar-refractivity contribution in [2.45, 2.75) is 6.92 Å². The lowest BCUT2D eigenvalue weighted by Gasteiger charge is -2.06. The maximum absolute atomic E-state index is 11.6. The van der Waals surface area contributed by atoms with Crippen molar-refractivity contribution in [1.82, 2.24) is 4.98 Å². The SMILES string of the molecule is CCOC(=O)/C=C/C(=O)OCC(=O)Nc1ncc(Cl)cc1Cl. The van der Waals surface area contributed by atoms with E-state index in [0.29, 0.717) is 5.02 Å². The van der Waals surface area contributed by atoms with E-state index in [1.54, 1.807) is 6.92 Å². The second-order valence-electron chi connectivity index (χ2n) is 3.73. The van der Waals surface area contributed by atoms with Gasteiger partial charge in [-0.15, -0.1) is 0 Å². The van der Waals surface area contributed by atoms with E-state index >= 15 is 0 Å². The summed E-state index contributed by atoms with van der Waals surface area (Å²) in [5.74, 6) is -2.09. The summed E-state index contributed by atoms with van der Waals surface area (Å²) in [6, 6.07) is 1.40. The number of nitrogens with zero attached hydrogens (tertiary/aromatic N) is 1. The molecule has 1 heterocycles. The maximum atomic E-state index is 11.6. The van der Waals surface area contributed by atoms with Crippen LogP contribution in [-0.2, 0) is 23.9 Å². The molecule has 0 bridgehead atoms. The molecule has 0 aliphatic heterocycles. The standard InChI is InChI=1S/C13H12Cl2N2O5/c1-2-21-11(19)3-4-12(20)22-7-10(18)17-13-9(15)5-8(14)6-16-13/h3-6H,2,7H2,1H3,(H,16,17,18)/b4-3+. The number of anilines is 1. The highest BCUT2D eigenvalue weighted by Gasteiger charge is 2.10. The first-order valence-corrected chi connectivity index (χ1v) is 6.80. The van der Waals surface area contributed by atoms with Gasteiger partial charge in [0.15, 0.2) is 12.4 Å². The van der Waals surface area contributed by atoms with Crippen LogP contribution in [-0.4, -0.2) is 36.0 Å². The number of carbonyl (C=O) groups is 3. The highest BCUT2D eigenvalue weighted by atomic mass is 35.5. The molecule has 0 saturated carbocycles. The Morgan fingerprint density at radius 3 is 2.45 bits per heavy atom. The van der Waals surface area contributed by atoms with Gasteiger partial charge in [0.05, 0.1) is 16.7 Å². The molecule has 118 valence electrons. The van der Waals surface area contributed by atoms with E-state index in [4.69, 9.17) is 23.2 Å². The Hall–Kier alpha value is -2.12. The van der Waals surface area contributed by atoms with Gasteiger partial charge < -0.3 is 14.8 Å². The van der Waals surface area contributed by atoms with Crippen LogP contribution in [0.5, 0.6) is 0 Å². The summed E-state index contributed by atoms with van der Waals surface area (Å²) in [6.07, 6.45) is 3.07. The van der Waals surface area contributed by atoms with Crippen LogP contribution in [0.15, 0.2) is 24.4 Å². The monoisotopic (exact) mass is 346 g/mol. The van der Waals surface area contributed by atoms with Crippen molar-refractivity contribution in [2.24, 2.45) is 0 Å². The number of nitrogens with one attached hydrogen (secondary N) is 1. The van der Waals surface area contributed by atoms with E-state index in [1.165, 1.54) is 12.3 Å². The first-order valence-electron chi connectivity index (χ1n) is 6.05. The van der Waals surface area contributed by atoms with Crippen LogP contribution < -0.4 is 5.32 Å². The summed E-state index contributed by atoms with van der Waals surface area (Å²) in [5.41, 5.74) is 0. The number of aromatic nitrogens is 1. The summed E-state index contributed by atoms with van der Waals surface area (Å²) in [7, 11) is 0. The van der Waals surface area contributed by atoms with Crippen molar-refractivity contribution in [3.8, 4) is 0 Å². The Bertz CT molecular complexity index is 604. The smallest absolute Gasteiger partial charge is 0.331 e. The number of carbonyl (C=O) groups excluding carboxylic acids is 3. The molecule has 0 aromatic carbocycles. The predicted octanol–water partition coefficient (Wildman–Crippen LogP) is 1.99. The second kappa shape index (κ2) is 9.01. The van der Waals surface area contributed by atoms with Crippen LogP contribution in [0.25, 0.3) is 0 Å². The van der Waals surface area contributed by atoms with Gasteiger partial charge in [0.25, 0.3) is 5.91 Å². The maximum Gasteiger partial charge on any atom is 0.331 e. The molecular formula is C13H12Cl2N2O5. The van der Waals surface area contributed by atoms with Gasteiger partial charge in [0.2, 0.25) is 0 Å². The lowest BCUT2D eigenvalue weighted by molar-refractivity contribution is -0.143. The van der Waals surface area contributed by atoms with Crippen LogP contribution in [0.4, 0.5) is 5.82 Å². The fourth-order valence-electron chi connectivity index (χ4n) is 1.19. The van der Waals surface area contributed by atoms with Crippen molar-refractivity contribution >= 4 is 46.9 Å². The van der Waals surface area contributed by atoms with Crippen LogP contribution in [0, 0.1) is 0 Å². The van der Waals surface area contributed by atoms with Crippen LogP contribution in [0.2, 0.25) is 10.0 Å². The van der Waals surface area contributed by atoms with E-state index in [2.05, 4.69) is 19.8 Å². The largest absolute Gasteiger partial charge is 0.463 e. The average molecular weight is 347 g/mol. The van der Waals surface area contributed by atoms with Crippen molar-refractivity contribution in [1.29, 1.82) is 0 Å². The molecule has 0 fully saturated rings. The number of halogens is 2. The molecule has 0 atom stereocenters. The summed E-state index contributed by atoms with van der Waals surface area (Å²) >= 11 is 11.5. The highest BCUT2D eigenvalue weighted by molar-refractivity contribution is 6.36. The lowest BCUT2D eigenvalue weighted by atomic mass is 10.4. The number of esters is 2. The highest BCUT2D eigenvalue weighted by Crippen LogP contribution is 2.22. The van der Waals surface area contributed by atoms with Crippen LogP contribution in [0.3, 0.4) is 0 Å². The molecular weight excluding hydrogens is 335 g/mol. The van der Waals surface area contributed by atoms with Gasteiger partial charge in [0, 0.05) is 18.3 Å². The van der Waals surface area contributed by atoms with Crippen molar-refractivity contribution in [3.05, 3.63) is 34.5 Å². The van der Waals surface area contributed by atoms with Gasteiger partial charge in [0.1, 0.15) is 0 Å². The fraction of sp³-hybridized carbons (Fsp3) is 0.231. The molecule has 0 radical (unpaired) electrons. The number of pyridine rings is 1. The molecule has 22 heavy (non-hydrogen) atoms. The number of rotatable bonds is 6. The molecule has 1 amide bonds. The second-order valence-corrected chi connectivity index (χ2v) is 4.57. The Kier molecular flexibility index (Phi) is 7.34. The van der Waals surface area contributed by atoms with Gasteiger partial charge in [-0.1, -0.05) is 23.2 Å². The van der Waals surface area contributed by atoms with Gasteiger partial charge in [-0.2, -0.15) is 0 Å². The molecule has 1 aromatic heterocycles. The normalized spacial score (nSPS) is 10.3. The van der Waals surface area contributed by atoms with Crippen LogP contribution >= 0.6 is 23.2 Å². The van der Waals surface area contributed by atoms with E-state index in [-0.39, 0.29) is 17.4 Å². The quantitative estimate of drug-likeness (QED) is 0.625. The van der Waals surface area contributed by atoms with E-state index < -0.39 is 24.5 Å². The minimum absolute atomic E-state index is 0.0918. The third kappa shape index (κ3) is 6.55. The number of hydrogen-bond acceptors (Lipinski definition) is 6. The van der Waals surface area contributed by atoms with Crippen molar-refractivity contribution in [3.63, 3.8) is 0 Å². The molecule has 1 N–H and O–H groups in total. The zero-order chi connectivity index (χ0) is 16.5. The van der Waals surface area contributed by atoms with Gasteiger partial charge in [-0.05, 0) is 13.0 Å². The number of ether oxygens (including phenoxy) is 2. The predicted molar refractivity (Wildman–Crippen MR) is 79.6 cm³/mol. The van der Waals surface area contributed by atoms with Crippen molar-refractivity contribution in [2.75, 3.05) is 18.5 Å². The summed E-state index contributed by atoms with van der Waals surface area (Å²) in [4.78, 5) is 37.6. The topological polar surface area (TPSA) is 94.6 Å². The molecule has 0 spiro atoms. The zero-order valence-corrected chi connectivity index (χ0v) is 13.0. The Labute approximate surface area is 136 Å². The van der Waals surface area contributed by atoms with Crippen molar-refractivity contribution < 1.29 is 23.9 Å². The molecule has 0 aliphatic rings. The van der Waals surface area contributed by atoms with Crippen LogP contribution in [0.1, 0.15) is 6.92 Å².